The predicted octanol–water partition coefficient (Wildman–Crippen LogP) is 2.13. The van der Waals surface area contributed by atoms with Crippen LogP contribution in [-0.2, 0) is 0 Å². The van der Waals surface area contributed by atoms with E-state index in [2.05, 4.69) is 21.2 Å². The molecule has 0 aliphatic carbocycles. The highest BCUT2D eigenvalue weighted by Crippen LogP contribution is 2.21. The molecule has 1 N–H and O–H groups in total. The maximum absolute atomic E-state index is 13.3. The number of Topliss-reactive ketones (excluding diaryl/α,β-unsaturated/α-hetero) is 1. The highest BCUT2D eigenvalue weighted by Gasteiger charge is 2.18. The number of hydrogen-bond acceptors (Lipinski definition) is 2. The van der Waals surface area contributed by atoms with Crippen molar-refractivity contribution in [3.63, 3.8) is 0 Å². The minimum Gasteiger partial charge on any atom is -0.313 e. The monoisotopic (exact) mass is 263 g/mol. The van der Waals surface area contributed by atoms with Crippen LogP contribution in [0.25, 0.3) is 0 Å². The lowest BCUT2D eigenvalue weighted by Gasteiger charge is -2.04. The van der Waals surface area contributed by atoms with Crippen LogP contribution in [0.3, 0.4) is 0 Å². The molecule has 76 valence electrons. The van der Waals surface area contributed by atoms with Crippen LogP contribution in [0, 0.1) is 11.6 Å². The second-order valence-electron chi connectivity index (χ2n) is 2.67. The highest BCUT2D eigenvalue weighted by atomic mass is 79.9. The number of benzene rings is 1. The number of hydrogen-bond donors (Lipinski definition) is 1. The first-order valence-corrected chi connectivity index (χ1v) is 4.68. The molecule has 1 rings (SSSR count). The molecule has 0 bridgehead atoms. The Morgan fingerprint density at radius 2 is 2.14 bits per heavy atom. The molecule has 0 aliphatic heterocycles. The van der Waals surface area contributed by atoms with Crippen molar-refractivity contribution < 1.29 is 13.6 Å². The van der Waals surface area contributed by atoms with Gasteiger partial charge in [0, 0.05) is 0 Å². The van der Waals surface area contributed by atoms with Crippen molar-refractivity contribution in [2.75, 3.05) is 13.6 Å². The molecule has 14 heavy (non-hydrogen) atoms. The fourth-order valence-corrected chi connectivity index (χ4v) is 1.36. The zero-order valence-electron chi connectivity index (χ0n) is 7.40. The Morgan fingerprint density at radius 3 is 2.71 bits per heavy atom. The summed E-state index contributed by atoms with van der Waals surface area (Å²) < 4.78 is 26.5. The minimum atomic E-state index is -0.856. The molecule has 0 aromatic heterocycles. The second-order valence-corrected chi connectivity index (χ2v) is 3.53. The van der Waals surface area contributed by atoms with E-state index in [4.69, 9.17) is 0 Å². The summed E-state index contributed by atoms with van der Waals surface area (Å²) in [5.41, 5.74) is -0.506. The van der Waals surface area contributed by atoms with Crippen LogP contribution in [0.4, 0.5) is 8.78 Å². The maximum Gasteiger partial charge on any atom is 0.182 e. The van der Waals surface area contributed by atoms with Crippen LogP contribution in [0.5, 0.6) is 0 Å². The summed E-state index contributed by atoms with van der Waals surface area (Å²) in [5.74, 6) is -2.31. The standard InChI is InChI=1S/C9H8BrF2NO/c1-13-4-7(14)8-6(11)3-2-5(10)9(8)12/h2-3,13H,4H2,1H3. The highest BCUT2D eigenvalue weighted by molar-refractivity contribution is 9.10. The Morgan fingerprint density at radius 1 is 1.50 bits per heavy atom. The lowest BCUT2D eigenvalue weighted by atomic mass is 10.1. The first-order chi connectivity index (χ1) is 6.57. The van der Waals surface area contributed by atoms with Gasteiger partial charge in [0.05, 0.1) is 16.6 Å². The molecule has 0 spiro atoms. The van der Waals surface area contributed by atoms with Crippen molar-refractivity contribution in [1.82, 2.24) is 5.32 Å². The Kier molecular flexibility index (Phi) is 3.71. The van der Waals surface area contributed by atoms with Crippen molar-refractivity contribution in [2.24, 2.45) is 0 Å². The van der Waals surface area contributed by atoms with E-state index in [1.54, 1.807) is 0 Å². The van der Waals surface area contributed by atoms with Crippen molar-refractivity contribution in [1.29, 1.82) is 0 Å². The fourth-order valence-electron chi connectivity index (χ4n) is 1.03. The van der Waals surface area contributed by atoms with Crippen molar-refractivity contribution in [3.05, 3.63) is 33.8 Å². The minimum absolute atomic E-state index is 0.0818. The molecule has 0 saturated carbocycles. The lowest BCUT2D eigenvalue weighted by Crippen LogP contribution is -2.21. The van der Waals surface area contributed by atoms with Gasteiger partial charge in [0.1, 0.15) is 5.82 Å². The van der Waals surface area contributed by atoms with Gasteiger partial charge in [-0.05, 0) is 35.1 Å². The van der Waals surface area contributed by atoms with Gasteiger partial charge in [0.15, 0.2) is 11.6 Å². The smallest absolute Gasteiger partial charge is 0.182 e. The van der Waals surface area contributed by atoms with E-state index < -0.39 is 23.0 Å². The van der Waals surface area contributed by atoms with E-state index in [-0.39, 0.29) is 11.0 Å². The lowest BCUT2D eigenvalue weighted by molar-refractivity contribution is 0.0985. The summed E-state index contributed by atoms with van der Waals surface area (Å²) in [5, 5.41) is 2.54. The SMILES string of the molecule is CNCC(=O)c1c(F)ccc(Br)c1F. The van der Waals surface area contributed by atoms with Crippen LogP contribution >= 0.6 is 15.9 Å². The largest absolute Gasteiger partial charge is 0.313 e. The average molecular weight is 264 g/mol. The number of likely N-dealkylation sites (N-methyl/N-ethyl adjacent to an activating group) is 1. The molecule has 0 amide bonds. The van der Waals surface area contributed by atoms with Crippen molar-refractivity contribution in [3.8, 4) is 0 Å². The van der Waals surface area contributed by atoms with E-state index in [0.29, 0.717) is 0 Å². The van der Waals surface area contributed by atoms with E-state index >= 15 is 0 Å². The average Bonchev–Trinajstić information content (AvgIpc) is 2.13. The summed E-state index contributed by atoms with van der Waals surface area (Å²) in [6.07, 6.45) is 0. The number of halogens is 3. The molecule has 0 radical (unpaired) electrons. The summed E-state index contributed by atoms with van der Waals surface area (Å²) in [4.78, 5) is 11.3. The summed E-state index contributed by atoms with van der Waals surface area (Å²) in [6.45, 7) is -0.0930. The van der Waals surface area contributed by atoms with E-state index in [1.165, 1.54) is 13.1 Å². The zero-order valence-corrected chi connectivity index (χ0v) is 8.99. The second kappa shape index (κ2) is 4.61. The first-order valence-electron chi connectivity index (χ1n) is 3.89. The third kappa shape index (κ3) is 2.16. The number of carbonyl (C=O) groups is 1. The summed E-state index contributed by atoms with van der Waals surface area (Å²) >= 11 is 2.89. The normalized spacial score (nSPS) is 10.3. The maximum atomic E-state index is 13.3. The molecule has 0 aliphatic rings. The van der Waals surface area contributed by atoms with E-state index in [1.807, 2.05) is 0 Å². The van der Waals surface area contributed by atoms with Crippen LogP contribution in [0.1, 0.15) is 10.4 Å². The van der Waals surface area contributed by atoms with Crippen LogP contribution < -0.4 is 5.32 Å². The molecule has 0 fully saturated rings. The van der Waals surface area contributed by atoms with Crippen molar-refractivity contribution in [2.45, 2.75) is 0 Å². The van der Waals surface area contributed by atoms with Gasteiger partial charge in [-0.15, -0.1) is 0 Å². The third-order valence-electron chi connectivity index (χ3n) is 1.66. The van der Waals surface area contributed by atoms with Gasteiger partial charge in [-0.25, -0.2) is 8.78 Å². The van der Waals surface area contributed by atoms with Gasteiger partial charge in [-0.3, -0.25) is 4.79 Å². The molecule has 0 saturated heterocycles. The quantitative estimate of drug-likeness (QED) is 0.669. The van der Waals surface area contributed by atoms with Gasteiger partial charge in [-0.2, -0.15) is 0 Å². The Labute approximate surface area is 88.4 Å². The first kappa shape index (κ1) is 11.3. The van der Waals surface area contributed by atoms with Gasteiger partial charge < -0.3 is 5.32 Å². The topological polar surface area (TPSA) is 29.1 Å². The van der Waals surface area contributed by atoms with Gasteiger partial charge in [-0.1, -0.05) is 0 Å². The summed E-state index contributed by atoms with van der Waals surface area (Å²) in [6, 6.07) is 2.27. The number of ketones is 1. The molecule has 2 nitrogen and oxygen atoms in total. The molecular weight excluding hydrogens is 256 g/mol. The van der Waals surface area contributed by atoms with Crippen LogP contribution in [0.2, 0.25) is 0 Å². The van der Waals surface area contributed by atoms with Gasteiger partial charge in [0.25, 0.3) is 0 Å². The number of nitrogens with one attached hydrogen (secondary N) is 1. The van der Waals surface area contributed by atoms with Crippen LogP contribution in [-0.4, -0.2) is 19.4 Å². The molecular formula is C9H8BrF2NO. The predicted molar refractivity (Wildman–Crippen MR) is 52.3 cm³/mol. The fraction of sp³-hybridized carbons (Fsp3) is 0.222. The molecule has 0 atom stereocenters. The molecule has 1 aromatic carbocycles. The van der Waals surface area contributed by atoms with Crippen molar-refractivity contribution >= 4 is 21.7 Å². The van der Waals surface area contributed by atoms with Gasteiger partial charge >= 0.3 is 0 Å². The Balaban J connectivity index is 3.18. The summed E-state index contributed by atoms with van der Waals surface area (Å²) in [7, 11) is 1.53. The number of rotatable bonds is 3. The molecule has 0 heterocycles. The Bertz CT molecular complexity index is 368. The van der Waals surface area contributed by atoms with Gasteiger partial charge in [0.2, 0.25) is 0 Å². The third-order valence-corrected chi connectivity index (χ3v) is 2.27. The van der Waals surface area contributed by atoms with E-state index in [9.17, 15) is 13.6 Å². The van der Waals surface area contributed by atoms with Crippen LogP contribution in [0.15, 0.2) is 16.6 Å². The number of carbonyl (C=O) groups excluding carboxylic acids is 1. The Hall–Kier alpha value is -0.810. The molecule has 1 aromatic rings. The van der Waals surface area contributed by atoms with E-state index in [0.717, 1.165) is 6.07 Å². The molecule has 5 heteroatoms. The molecule has 0 unspecified atom stereocenters. The zero-order chi connectivity index (χ0) is 10.7.